The molecule has 1 aromatic heterocycles. The monoisotopic (exact) mass is 409 g/mol. The van der Waals surface area contributed by atoms with E-state index in [0.717, 1.165) is 12.1 Å². The Hall–Kier alpha value is -3.19. The number of fused-ring (bicyclic) bond motifs is 1. The number of ketones is 1. The lowest BCUT2D eigenvalue weighted by molar-refractivity contribution is -0.140. The molecule has 30 heavy (non-hydrogen) atoms. The molecular weight excluding hydrogens is 386 g/mol. The fraction of sp³-hybridized carbons (Fsp3) is 0.348. The van der Waals surface area contributed by atoms with Gasteiger partial charge < -0.3 is 19.2 Å². The van der Waals surface area contributed by atoms with Crippen molar-refractivity contribution in [2.24, 2.45) is 0 Å². The summed E-state index contributed by atoms with van der Waals surface area (Å²) < 4.78 is 16.0. The Morgan fingerprint density at radius 2 is 2.00 bits per heavy atom. The topological polar surface area (TPSA) is 94.8 Å². The minimum Gasteiger partial charge on any atom is -0.464 e. The SMILES string of the molecule is COCCOC(=O)C1=C(C)NC2=C(C(=O)CCC2)[C@H]1c1coc2ccccc2c1=O. The molecule has 156 valence electrons. The summed E-state index contributed by atoms with van der Waals surface area (Å²) in [6.07, 6.45) is 3.15. The number of Topliss-reactive ketones (excluding diaryl/α,β-unsaturated/α-hetero) is 1. The van der Waals surface area contributed by atoms with Gasteiger partial charge in [0.2, 0.25) is 0 Å². The van der Waals surface area contributed by atoms with Crippen molar-refractivity contribution in [2.75, 3.05) is 20.3 Å². The summed E-state index contributed by atoms with van der Waals surface area (Å²) in [6, 6.07) is 6.92. The van der Waals surface area contributed by atoms with Crippen molar-refractivity contribution >= 4 is 22.7 Å². The van der Waals surface area contributed by atoms with E-state index >= 15 is 0 Å². The van der Waals surface area contributed by atoms with Gasteiger partial charge in [0, 0.05) is 36.1 Å². The van der Waals surface area contributed by atoms with Gasteiger partial charge in [-0.25, -0.2) is 4.79 Å². The molecule has 0 saturated heterocycles. The third-order valence-corrected chi connectivity index (χ3v) is 5.53. The highest BCUT2D eigenvalue weighted by Crippen LogP contribution is 2.41. The van der Waals surface area contributed by atoms with Crippen LogP contribution in [-0.4, -0.2) is 32.1 Å². The lowest BCUT2D eigenvalue weighted by atomic mass is 9.75. The fourth-order valence-corrected chi connectivity index (χ4v) is 4.15. The first-order chi connectivity index (χ1) is 14.5. The van der Waals surface area contributed by atoms with E-state index in [-0.39, 0.29) is 35.6 Å². The maximum atomic E-state index is 13.3. The summed E-state index contributed by atoms with van der Waals surface area (Å²) in [5.74, 6) is -1.49. The lowest BCUT2D eigenvalue weighted by Crippen LogP contribution is -2.36. The van der Waals surface area contributed by atoms with Crippen molar-refractivity contribution in [3.63, 3.8) is 0 Å². The Balaban J connectivity index is 1.88. The molecule has 7 heteroatoms. The van der Waals surface area contributed by atoms with Gasteiger partial charge in [0.25, 0.3) is 0 Å². The average molecular weight is 409 g/mol. The van der Waals surface area contributed by atoms with E-state index in [4.69, 9.17) is 13.9 Å². The number of benzene rings is 1. The Morgan fingerprint density at radius 1 is 1.20 bits per heavy atom. The number of rotatable bonds is 5. The zero-order valence-electron chi connectivity index (χ0n) is 16.9. The summed E-state index contributed by atoms with van der Waals surface area (Å²) in [5, 5.41) is 3.61. The number of carbonyl (C=O) groups excluding carboxylic acids is 2. The molecule has 0 spiro atoms. The van der Waals surface area contributed by atoms with Gasteiger partial charge in [-0.15, -0.1) is 0 Å². The van der Waals surface area contributed by atoms with Gasteiger partial charge in [0.15, 0.2) is 11.2 Å². The Bertz CT molecular complexity index is 1140. The second-order valence-electron chi connectivity index (χ2n) is 7.41. The number of ether oxygens (including phenoxy) is 2. The summed E-state index contributed by atoms with van der Waals surface area (Å²) in [6.45, 7) is 2.08. The molecule has 1 aliphatic heterocycles. The molecule has 2 heterocycles. The highest BCUT2D eigenvalue weighted by Gasteiger charge is 2.40. The predicted octanol–water partition coefficient (Wildman–Crippen LogP) is 2.95. The fourth-order valence-electron chi connectivity index (χ4n) is 4.15. The zero-order chi connectivity index (χ0) is 21.3. The summed E-state index contributed by atoms with van der Waals surface area (Å²) in [5.41, 5.74) is 2.49. The molecule has 0 unspecified atom stereocenters. The highest BCUT2D eigenvalue weighted by atomic mass is 16.6. The average Bonchev–Trinajstić information content (AvgIpc) is 2.73. The standard InChI is InChI=1S/C23H23NO6/c1-13-19(23(27)29-11-10-28-2)20(21-16(24-13)7-5-8-17(21)25)15-12-30-18-9-4-3-6-14(18)22(15)26/h3-4,6,9,12,20,24H,5,7-8,10-11H2,1-2H3/t20-/m0/s1. The van der Waals surface area contributed by atoms with Crippen LogP contribution in [0.25, 0.3) is 11.0 Å². The van der Waals surface area contributed by atoms with E-state index in [0.29, 0.717) is 35.1 Å². The molecular formula is C23H23NO6. The van der Waals surface area contributed by atoms with Crippen LogP contribution in [-0.2, 0) is 19.1 Å². The van der Waals surface area contributed by atoms with Crippen LogP contribution in [0.15, 0.2) is 62.3 Å². The largest absolute Gasteiger partial charge is 0.464 e. The molecule has 7 nitrogen and oxygen atoms in total. The van der Waals surface area contributed by atoms with Gasteiger partial charge in [0.1, 0.15) is 12.2 Å². The van der Waals surface area contributed by atoms with Crippen molar-refractivity contribution < 1.29 is 23.5 Å². The van der Waals surface area contributed by atoms with E-state index in [2.05, 4.69) is 5.32 Å². The molecule has 2 aromatic rings. The predicted molar refractivity (Wildman–Crippen MR) is 110 cm³/mol. The Morgan fingerprint density at radius 3 is 2.80 bits per heavy atom. The van der Waals surface area contributed by atoms with Crippen molar-refractivity contribution in [1.29, 1.82) is 0 Å². The Kier molecular flexibility index (Phi) is 5.55. The van der Waals surface area contributed by atoms with E-state index in [1.807, 2.05) is 0 Å². The maximum absolute atomic E-state index is 13.3. The van der Waals surface area contributed by atoms with Crippen LogP contribution in [0.2, 0.25) is 0 Å². The lowest BCUT2D eigenvalue weighted by Gasteiger charge is -2.33. The summed E-state index contributed by atoms with van der Waals surface area (Å²) >= 11 is 0. The molecule has 0 saturated carbocycles. The molecule has 4 rings (SSSR count). The van der Waals surface area contributed by atoms with Crippen LogP contribution in [0.4, 0.5) is 0 Å². The third kappa shape index (κ3) is 3.45. The second-order valence-corrected chi connectivity index (χ2v) is 7.41. The molecule has 0 amide bonds. The number of para-hydroxylation sites is 1. The van der Waals surface area contributed by atoms with E-state index < -0.39 is 11.9 Å². The first kappa shape index (κ1) is 20.1. The second kappa shape index (κ2) is 8.28. The van der Waals surface area contributed by atoms with Crippen LogP contribution in [0.3, 0.4) is 0 Å². The van der Waals surface area contributed by atoms with Crippen LogP contribution in [0.1, 0.15) is 37.7 Å². The minimum atomic E-state index is -0.829. The normalized spacial score (nSPS) is 19.0. The molecule has 1 atom stereocenters. The van der Waals surface area contributed by atoms with E-state index in [1.54, 1.807) is 31.2 Å². The molecule has 0 fully saturated rings. The van der Waals surface area contributed by atoms with Crippen molar-refractivity contribution in [2.45, 2.75) is 32.1 Å². The molecule has 1 N–H and O–H groups in total. The van der Waals surface area contributed by atoms with Gasteiger partial charge in [-0.2, -0.15) is 0 Å². The highest BCUT2D eigenvalue weighted by molar-refractivity contribution is 6.04. The first-order valence-corrected chi connectivity index (χ1v) is 9.93. The molecule has 0 bridgehead atoms. The minimum absolute atomic E-state index is 0.0731. The van der Waals surface area contributed by atoms with Crippen LogP contribution in [0, 0.1) is 0 Å². The number of hydrogen-bond acceptors (Lipinski definition) is 7. The van der Waals surface area contributed by atoms with Gasteiger partial charge in [-0.1, -0.05) is 12.1 Å². The third-order valence-electron chi connectivity index (χ3n) is 5.53. The van der Waals surface area contributed by atoms with Gasteiger partial charge in [0.05, 0.1) is 29.7 Å². The molecule has 0 radical (unpaired) electrons. The van der Waals surface area contributed by atoms with E-state index in [9.17, 15) is 14.4 Å². The first-order valence-electron chi connectivity index (χ1n) is 9.93. The molecule has 1 aromatic carbocycles. The number of esters is 1. The van der Waals surface area contributed by atoms with Gasteiger partial charge in [-0.05, 0) is 31.9 Å². The van der Waals surface area contributed by atoms with Crippen LogP contribution >= 0.6 is 0 Å². The van der Waals surface area contributed by atoms with Crippen LogP contribution < -0.4 is 10.7 Å². The quantitative estimate of drug-likeness (QED) is 0.599. The number of nitrogens with one attached hydrogen (secondary N) is 1. The number of carbonyl (C=O) groups is 2. The zero-order valence-corrected chi connectivity index (χ0v) is 16.9. The van der Waals surface area contributed by atoms with Gasteiger partial charge in [-0.3, -0.25) is 9.59 Å². The van der Waals surface area contributed by atoms with E-state index in [1.165, 1.54) is 13.4 Å². The number of hydrogen-bond donors (Lipinski definition) is 1. The number of methoxy groups -OCH3 is 1. The van der Waals surface area contributed by atoms with Crippen molar-refractivity contribution in [1.82, 2.24) is 5.32 Å². The van der Waals surface area contributed by atoms with Crippen LogP contribution in [0.5, 0.6) is 0 Å². The smallest absolute Gasteiger partial charge is 0.336 e. The molecule has 1 aliphatic carbocycles. The number of allylic oxidation sites excluding steroid dienone is 3. The number of dihydropyridines is 1. The van der Waals surface area contributed by atoms with Crippen molar-refractivity contribution in [3.05, 3.63) is 68.9 Å². The summed E-state index contributed by atoms with van der Waals surface area (Å²) in [4.78, 5) is 39.2. The Labute approximate surface area is 173 Å². The molecule has 2 aliphatic rings. The van der Waals surface area contributed by atoms with Gasteiger partial charge >= 0.3 is 5.97 Å². The maximum Gasteiger partial charge on any atom is 0.336 e. The summed E-state index contributed by atoms with van der Waals surface area (Å²) in [7, 11) is 1.52. The van der Waals surface area contributed by atoms with Crippen molar-refractivity contribution in [3.8, 4) is 0 Å².